The molecule has 104 valence electrons. The number of aromatic nitrogens is 2. The van der Waals surface area contributed by atoms with Gasteiger partial charge >= 0.3 is 5.97 Å². The highest BCUT2D eigenvalue weighted by molar-refractivity contribution is 5.79. The SMILES string of the molecule is COc1cc(OC)nc(C(C(=O)O)c2ccccc2)n1. The normalized spacial score (nSPS) is 11.7. The van der Waals surface area contributed by atoms with Crippen LogP contribution in [0.4, 0.5) is 0 Å². The molecule has 0 aliphatic heterocycles. The fourth-order valence-corrected chi connectivity index (χ4v) is 1.81. The van der Waals surface area contributed by atoms with Gasteiger partial charge in [0.1, 0.15) is 5.92 Å². The summed E-state index contributed by atoms with van der Waals surface area (Å²) in [6.07, 6.45) is 0. The number of hydrogen-bond acceptors (Lipinski definition) is 5. The van der Waals surface area contributed by atoms with Gasteiger partial charge in [-0.25, -0.2) is 0 Å². The average Bonchev–Trinajstić information content (AvgIpc) is 2.47. The van der Waals surface area contributed by atoms with Crippen molar-refractivity contribution in [2.24, 2.45) is 0 Å². The van der Waals surface area contributed by atoms with Crippen molar-refractivity contribution in [2.45, 2.75) is 5.92 Å². The Balaban J connectivity index is 2.52. The second-order valence-corrected chi connectivity index (χ2v) is 3.99. The quantitative estimate of drug-likeness (QED) is 0.893. The molecule has 0 fully saturated rings. The van der Waals surface area contributed by atoms with Gasteiger partial charge in [-0.15, -0.1) is 0 Å². The van der Waals surface area contributed by atoms with Crippen LogP contribution in [0.5, 0.6) is 11.8 Å². The second kappa shape index (κ2) is 6.01. The molecule has 2 rings (SSSR count). The molecule has 6 heteroatoms. The van der Waals surface area contributed by atoms with Crippen LogP contribution < -0.4 is 9.47 Å². The van der Waals surface area contributed by atoms with Crippen LogP contribution in [0.1, 0.15) is 17.3 Å². The minimum Gasteiger partial charge on any atom is -0.481 e. The number of carboxylic acid groups (broad SMARTS) is 1. The standard InChI is InChI=1S/C14H14N2O4/c1-19-10-8-11(20-2)16-13(15-10)12(14(17)18)9-6-4-3-5-7-9/h3-8,12H,1-2H3,(H,17,18). The summed E-state index contributed by atoms with van der Waals surface area (Å²) in [6, 6.07) is 10.3. The van der Waals surface area contributed by atoms with E-state index in [9.17, 15) is 9.90 Å². The molecule has 1 atom stereocenters. The van der Waals surface area contributed by atoms with Crippen molar-refractivity contribution >= 4 is 5.97 Å². The van der Waals surface area contributed by atoms with E-state index >= 15 is 0 Å². The van der Waals surface area contributed by atoms with Gasteiger partial charge in [-0.05, 0) is 5.56 Å². The third-order valence-electron chi connectivity index (χ3n) is 2.75. The molecule has 1 aromatic heterocycles. The molecule has 0 bridgehead atoms. The van der Waals surface area contributed by atoms with Crippen molar-refractivity contribution in [2.75, 3.05) is 14.2 Å². The van der Waals surface area contributed by atoms with Gasteiger partial charge in [-0.2, -0.15) is 9.97 Å². The monoisotopic (exact) mass is 274 g/mol. The number of nitrogens with zero attached hydrogens (tertiary/aromatic N) is 2. The first-order valence-electron chi connectivity index (χ1n) is 5.90. The minimum atomic E-state index is -1.04. The van der Waals surface area contributed by atoms with E-state index in [2.05, 4.69) is 9.97 Å². The second-order valence-electron chi connectivity index (χ2n) is 3.99. The number of methoxy groups -OCH3 is 2. The smallest absolute Gasteiger partial charge is 0.318 e. The molecule has 1 aromatic carbocycles. The summed E-state index contributed by atoms with van der Waals surface area (Å²) in [5, 5.41) is 9.45. The zero-order chi connectivity index (χ0) is 14.5. The summed E-state index contributed by atoms with van der Waals surface area (Å²) in [4.78, 5) is 19.7. The molecule has 0 amide bonds. The van der Waals surface area contributed by atoms with Gasteiger partial charge in [0, 0.05) is 0 Å². The van der Waals surface area contributed by atoms with Gasteiger partial charge < -0.3 is 14.6 Å². The molecule has 0 saturated carbocycles. The zero-order valence-electron chi connectivity index (χ0n) is 11.1. The molecular weight excluding hydrogens is 260 g/mol. The van der Waals surface area contributed by atoms with E-state index in [1.165, 1.54) is 20.3 Å². The summed E-state index contributed by atoms with van der Waals surface area (Å²) in [6.45, 7) is 0. The van der Waals surface area contributed by atoms with Crippen molar-refractivity contribution in [3.05, 3.63) is 47.8 Å². The van der Waals surface area contributed by atoms with E-state index in [-0.39, 0.29) is 17.6 Å². The van der Waals surface area contributed by atoms with Crippen LogP contribution in [0.2, 0.25) is 0 Å². The molecule has 20 heavy (non-hydrogen) atoms. The van der Waals surface area contributed by atoms with Crippen LogP contribution in [0.15, 0.2) is 36.4 Å². The van der Waals surface area contributed by atoms with E-state index in [1.54, 1.807) is 24.3 Å². The van der Waals surface area contributed by atoms with Crippen molar-refractivity contribution < 1.29 is 19.4 Å². The Morgan fingerprint density at radius 2 is 1.65 bits per heavy atom. The van der Waals surface area contributed by atoms with E-state index in [0.29, 0.717) is 5.56 Å². The molecule has 0 radical (unpaired) electrons. The molecular formula is C14H14N2O4. The molecule has 2 aromatic rings. The third-order valence-corrected chi connectivity index (χ3v) is 2.75. The van der Waals surface area contributed by atoms with Crippen LogP contribution in [0.3, 0.4) is 0 Å². The predicted molar refractivity (Wildman–Crippen MR) is 71.1 cm³/mol. The Hall–Kier alpha value is -2.63. The maximum absolute atomic E-state index is 11.5. The summed E-state index contributed by atoms with van der Waals surface area (Å²) >= 11 is 0. The highest BCUT2D eigenvalue weighted by Crippen LogP contribution is 2.26. The van der Waals surface area contributed by atoms with Crippen molar-refractivity contribution in [1.82, 2.24) is 9.97 Å². The number of carboxylic acids is 1. The molecule has 1 unspecified atom stereocenters. The largest absolute Gasteiger partial charge is 0.481 e. The summed E-state index contributed by atoms with van der Waals surface area (Å²) < 4.78 is 10.1. The lowest BCUT2D eigenvalue weighted by Crippen LogP contribution is -2.17. The fourth-order valence-electron chi connectivity index (χ4n) is 1.81. The van der Waals surface area contributed by atoms with Crippen LogP contribution in [0, 0.1) is 0 Å². The number of rotatable bonds is 5. The zero-order valence-corrected chi connectivity index (χ0v) is 11.1. The van der Waals surface area contributed by atoms with E-state index in [1.807, 2.05) is 6.07 Å². The Bertz CT molecular complexity index is 579. The van der Waals surface area contributed by atoms with Crippen LogP contribution in [-0.4, -0.2) is 35.3 Å². The summed E-state index contributed by atoms with van der Waals surface area (Å²) in [5.41, 5.74) is 0.593. The lowest BCUT2D eigenvalue weighted by molar-refractivity contribution is -0.137. The van der Waals surface area contributed by atoms with Crippen LogP contribution in [-0.2, 0) is 4.79 Å². The maximum Gasteiger partial charge on any atom is 0.318 e. The highest BCUT2D eigenvalue weighted by atomic mass is 16.5. The first-order chi connectivity index (χ1) is 9.65. The fraction of sp³-hybridized carbons (Fsp3) is 0.214. The number of hydrogen-bond donors (Lipinski definition) is 1. The molecule has 6 nitrogen and oxygen atoms in total. The van der Waals surface area contributed by atoms with Crippen LogP contribution >= 0.6 is 0 Å². The number of aliphatic carboxylic acids is 1. The van der Waals surface area contributed by atoms with Gasteiger partial charge in [0.25, 0.3) is 0 Å². The lowest BCUT2D eigenvalue weighted by Gasteiger charge is -2.13. The van der Waals surface area contributed by atoms with Crippen molar-refractivity contribution in [1.29, 1.82) is 0 Å². The van der Waals surface area contributed by atoms with Crippen LogP contribution in [0.25, 0.3) is 0 Å². The number of benzene rings is 1. The van der Waals surface area contributed by atoms with E-state index < -0.39 is 11.9 Å². The molecule has 1 heterocycles. The molecule has 0 spiro atoms. The topological polar surface area (TPSA) is 81.5 Å². The average molecular weight is 274 g/mol. The third kappa shape index (κ3) is 2.85. The molecule has 0 aliphatic carbocycles. The Kier molecular flexibility index (Phi) is 4.14. The molecule has 1 N–H and O–H groups in total. The lowest BCUT2D eigenvalue weighted by atomic mass is 9.98. The Labute approximate surface area is 116 Å². The van der Waals surface area contributed by atoms with Gasteiger partial charge in [-0.3, -0.25) is 4.79 Å². The Morgan fingerprint density at radius 1 is 1.10 bits per heavy atom. The van der Waals surface area contributed by atoms with E-state index in [4.69, 9.17) is 9.47 Å². The number of ether oxygens (including phenoxy) is 2. The first kappa shape index (κ1) is 13.8. The van der Waals surface area contributed by atoms with Gasteiger partial charge in [0.15, 0.2) is 5.82 Å². The van der Waals surface area contributed by atoms with Gasteiger partial charge in [-0.1, -0.05) is 30.3 Å². The Morgan fingerprint density at radius 3 is 2.10 bits per heavy atom. The van der Waals surface area contributed by atoms with Gasteiger partial charge in [0.2, 0.25) is 11.8 Å². The van der Waals surface area contributed by atoms with E-state index in [0.717, 1.165) is 0 Å². The summed E-state index contributed by atoms with van der Waals surface area (Å²) in [7, 11) is 2.90. The number of carbonyl (C=O) groups is 1. The van der Waals surface area contributed by atoms with Crippen molar-refractivity contribution in [3.63, 3.8) is 0 Å². The summed E-state index contributed by atoms with van der Waals surface area (Å²) in [5.74, 6) is -1.37. The first-order valence-corrected chi connectivity index (χ1v) is 5.90. The highest BCUT2D eigenvalue weighted by Gasteiger charge is 2.26. The molecule has 0 aliphatic rings. The predicted octanol–water partition coefficient (Wildman–Crippen LogP) is 1.71. The minimum absolute atomic E-state index is 0.125. The van der Waals surface area contributed by atoms with Gasteiger partial charge in [0.05, 0.1) is 20.3 Å². The van der Waals surface area contributed by atoms with Crippen molar-refractivity contribution in [3.8, 4) is 11.8 Å². The maximum atomic E-state index is 11.5. The molecule has 0 saturated heterocycles.